The molecule has 110 valence electrons. The highest BCUT2D eigenvalue weighted by atomic mass is 32.2. The third-order valence-corrected chi connectivity index (χ3v) is 6.06. The van der Waals surface area contributed by atoms with E-state index in [1.54, 1.807) is 11.8 Å². The number of carbonyl (C=O) groups is 1. The van der Waals surface area contributed by atoms with Gasteiger partial charge in [-0.05, 0) is 24.7 Å². The maximum absolute atomic E-state index is 12.5. The molecule has 2 nitrogen and oxygen atoms in total. The molecular formula is C16H28O2S. The number of rotatable bonds is 1. The molecule has 1 aliphatic carbocycles. The lowest BCUT2D eigenvalue weighted by molar-refractivity contribution is -0.141. The van der Waals surface area contributed by atoms with Crippen LogP contribution in [0.4, 0.5) is 0 Å². The molecule has 0 radical (unpaired) electrons. The monoisotopic (exact) mass is 284 g/mol. The lowest BCUT2D eigenvalue weighted by Crippen LogP contribution is -2.52. The highest BCUT2D eigenvalue weighted by molar-refractivity contribution is 8.01. The fourth-order valence-electron chi connectivity index (χ4n) is 3.29. The van der Waals surface area contributed by atoms with E-state index >= 15 is 0 Å². The molecule has 2 rings (SSSR count). The molecule has 3 heteroatoms. The largest absolute Gasteiger partial charge is 0.356 e. The molecule has 0 bridgehead atoms. The highest BCUT2D eigenvalue weighted by Gasteiger charge is 2.49. The van der Waals surface area contributed by atoms with Gasteiger partial charge in [0.15, 0.2) is 11.2 Å². The normalized spacial score (nSPS) is 38.6. The molecule has 1 aliphatic heterocycles. The van der Waals surface area contributed by atoms with Gasteiger partial charge in [-0.15, -0.1) is 11.8 Å². The van der Waals surface area contributed by atoms with Gasteiger partial charge in [0, 0.05) is 10.2 Å². The smallest absolute Gasteiger partial charge is 0.177 e. The van der Waals surface area contributed by atoms with E-state index < -0.39 is 0 Å². The Labute approximate surface area is 122 Å². The van der Waals surface area contributed by atoms with Crippen molar-refractivity contribution in [3.8, 4) is 0 Å². The molecule has 0 aromatic carbocycles. The van der Waals surface area contributed by atoms with E-state index in [2.05, 4.69) is 20.8 Å². The summed E-state index contributed by atoms with van der Waals surface area (Å²) in [5.74, 6) is 1.56. The van der Waals surface area contributed by atoms with Crippen LogP contribution in [-0.4, -0.2) is 22.1 Å². The van der Waals surface area contributed by atoms with Crippen molar-refractivity contribution in [1.29, 1.82) is 0 Å². The lowest BCUT2D eigenvalue weighted by atomic mass is 9.74. The summed E-state index contributed by atoms with van der Waals surface area (Å²) in [6, 6.07) is 0. The number of hydrogen-bond donors (Lipinski definition) is 0. The van der Waals surface area contributed by atoms with E-state index in [0.717, 1.165) is 12.3 Å². The van der Waals surface area contributed by atoms with Crippen molar-refractivity contribution in [1.82, 2.24) is 0 Å². The molecule has 0 unspecified atom stereocenters. The molecule has 2 aliphatic rings. The van der Waals surface area contributed by atoms with Gasteiger partial charge < -0.3 is 4.74 Å². The Bertz CT molecular complexity index is 356. The van der Waals surface area contributed by atoms with Gasteiger partial charge in [0.2, 0.25) is 0 Å². The van der Waals surface area contributed by atoms with Crippen molar-refractivity contribution >= 4 is 17.5 Å². The summed E-state index contributed by atoms with van der Waals surface area (Å²) in [7, 11) is 0. The summed E-state index contributed by atoms with van der Waals surface area (Å²) in [4.78, 5) is 12.5. The van der Waals surface area contributed by atoms with Crippen LogP contribution in [0.15, 0.2) is 0 Å². The molecule has 1 saturated carbocycles. The molecule has 0 aromatic rings. The number of hydrogen-bond acceptors (Lipinski definition) is 3. The molecular weight excluding hydrogens is 256 g/mol. The second kappa shape index (κ2) is 5.07. The minimum absolute atomic E-state index is 0.147. The quantitative estimate of drug-likeness (QED) is 0.719. The first-order chi connectivity index (χ1) is 8.61. The topological polar surface area (TPSA) is 26.3 Å². The van der Waals surface area contributed by atoms with Crippen LogP contribution in [0.25, 0.3) is 0 Å². The van der Waals surface area contributed by atoms with Crippen molar-refractivity contribution in [2.45, 2.75) is 77.1 Å². The average molecular weight is 284 g/mol. The first-order valence-electron chi connectivity index (χ1n) is 7.49. The van der Waals surface area contributed by atoms with Crippen LogP contribution in [0.1, 0.15) is 60.8 Å². The van der Waals surface area contributed by atoms with Crippen LogP contribution >= 0.6 is 11.8 Å². The van der Waals surface area contributed by atoms with Crippen molar-refractivity contribution in [2.24, 2.45) is 17.3 Å². The van der Waals surface area contributed by atoms with Gasteiger partial charge in [-0.2, -0.15) is 0 Å². The van der Waals surface area contributed by atoms with Crippen molar-refractivity contribution in [2.75, 3.05) is 0 Å². The SMILES string of the molecule is C[C@@H]1CC[C@@H]2[C@@H](C1)O[C@@H](C(=O)C(C)(C)C)SC2(C)C. The fraction of sp³-hybridized carbons (Fsp3) is 0.938. The zero-order chi connectivity index (χ0) is 14.4. The molecule has 0 amide bonds. The van der Waals surface area contributed by atoms with Crippen LogP contribution in [0.5, 0.6) is 0 Å². The standard InChI is InChI=1S/C16H28O2S/c1-10-7-8-11-12(9-10)18-14(19-16(11,5)6)13(17)15(2,3)4/h10-12,14H,7-9H2,1-6H3/t10-,11-,12-,14-/m1/s1. The number of fused-ring (bicyclic) bond motifs is 1. The number of carbonyl (C=O) groups excluding carboxylic acids is 1. The first-order valence-corrected chi connectivity index (χ1v) is 8.37. The van der Waals surface area contributed by atoms with Gasteiger partial charge in [-0.25, -0.2) is 0 Å². The molecule has 0 spiro atoms. The Balaban J connectivity index is 2.17. The van der Waals surface area contributed by atoms with E-state index in [4.69, 9.17) is 4.74 Å². The van der Waals surface area contributed by atoms with Gasteiger partial charge in [-0.1, -0.05) is 48.0 Å². The second-order valence-corrected chi connectivity index (χ2v) is 9.58. The maximum Gasteiger partial charge on any atom is 0.177 e. The zero-order valence-electron chi connectivity index (χ0n) is 13.2. The van der Waals surface area contributed by atoms with E-state index in [0.29, 0.717) is 5.92 Å². The molecule has 2 fully saturated rings. The summed E-state index contributed by atoms with van der Waals surface area (Å²) in [6.45, 7) is 12.8. The van der Waals surface area contributed by atoms with E-state index in [1.165, 1.54) is 12.8 Å². The lowest BCUT2D eigenvalue weighted by Gasteiger charge is -2.50. The molecule has 4 atom stereocenters. The maximum atomic E-state index is 12.5. The van der Waals surface area contributed by atoms with Crippen molar-refractivity contribution in [3.63, 3.8) is 0 Å². The first kappa shape index (κ1) is 15.4. The van der Waals surface area contributed by atoms with E-state index in [1.807, 2.05) is 20.8 Å². The predicted molar refractivity (Wildman–Crippen MR) is 81.3 cm³/mol. The number of ketones is 1. The van der Waals surface area contributed by atoms with E-state index in [-0.39, 0.29) is 27.5 Å². The zero-order valence-corrected chi connectivity index (χ0v) is 14.0. The van der Waals surface area contributed by atoms with Crippen LogP contribution in [0, 0.1) is 17.3 Å². The van der Waals surface area contributed by atoms with Gasteiger partial charge >= 0.3 is 0 Å². The van der Waals surface area contributed by atoms with Crippen LogP contribution in [0.2, 0.25) is 0 Å². The third-order valence-electron chi connectivity index (χ3n) is 4.61. The van der Waals surface area contributed by atoms with E-state index in [9.17, 15) is 4.79 Å². The molecule has 0 N–H and O–H groups in total. The van der Waals surface area contributed by atoms with Crippen LogP contribution in [-0.2, 0) is 9.53 Å². The Morgan fingerprint density at radius 1 is 1.26 bits per heavy atom. The summed E-state index contributed by atoms with van der Waals surface area (Å²) in [5, 5.41) is 0. The van der Waals surface area contributed by atoms with Crippen LogP contribution < -0.4 is 0 Å². The highest BCUT2D eigenvalue weighted by Crippen LogP contribution is 2.51. The summed E-state index contributed by atoms with van der Waals surface area (Å²) >= 11 is 1.74. The Morgan fingerprint density at radius 3 is 2.47 bits per heavy atom. The molecule has 1 heterocycles. The minimum Gasteiger partial charge on any atom is -0.356 e. The van der Waals surface area contributed by atoms with Gasteiger partial charge in [0.1, 0.15) is 0 Å². The average Bonchev–Trinajstić information content (AvgIpc) is 2.24. The minimum atomic E-state index is -0.319. The number of thioether (sulfide) groups is 1. The van der Waals surface area contributed by atoms with Crippen molar-refractivity contribution < 1.29 is 9.53 Å². The Morgan fingerprint density at radius 2 is 1.89 bits per heavy atom. The predicted octanol–water partition coefficient (Wildman–Crippen LogP) is 4.27. The summed E-state index contributed by atoms with van der Waals surface area (Å²) in [6.07, 6.45) is 3.92. The molecule has 1 saturated heterocycles. The molecule has 0 aromatic heterocycles. The fourth-order valence-corrected chi connectivity index (χ4v) is 4.95. The number of ether oxygens (including phenoxy) is 1. The van der Waals surface area contributed by atoms with Gasteiger partial charge in [0.25, 0.3) is 0 Å². The van der Waals surface area contributed by atoms with Crippen molar-refractivity contribution in [3.05, 3.63) is 0 Å². The second-order valence-electron chi connectivity index (χ2n) is 7.87. The number of Topliss-reactive ketones (excluding diaryl/α,β-unsaturated/α-hetero) is 1. The Hall–Kier alpha value is -0.0200. The summed E-state index contributed by atoms with van der Waals surface area (Å²) in [5.41, 5.74) is -0.595. The van der Waals surface area contributed by atoms with Gasteiger partial charge in [-0.3, -0.25) is 4.79 Å². The Kier molecular flexibility index (Phi) is 4.10. The van der Waals surface area contributed by atoms with Gasteiger partial charge in [0.05, 0.1) is 6.10 Å². The van der Waals surface area contributed by atoms with Crippen LogP contribution in [0.3, 0.4) is 0 Å². The molecule has 19 heavy (non-hydrogen) atoms. The summed E-state index contributed by atoms with van der Waals surface area (Å²) < 4.78 is 6.35. The third kappa shape index (κ3) is 3.18.